The number of nitrogens with zero attached hydrogens (tertiary/aromatic N) is 1. The zero-order valence-corrected chi connectivity index (χ0v) is 7.87. The van der Waals surface area contributed by atoms with Gasteiger partial charge in [0.25, 0.3) is 0 Å². The van der Waals surface area contributed by atoms with E-state index in [0.717, 1.165) is 10.6 Å². The lowest BCUT2D eigenvalue weighted by Gasteiger charge is -2.11. The van der Waals surface area contributed by atoms with E-state index in [0.29, 0.717) is 0 Å². The number of anilines is 1. The Balaban J connectivity index is 2.92. The van der Waals surface area contributed by atoms with Gasteiger partial charge in [-0.15, -0.1) is 11.3 Å². The molecule has 1 heterocycles. The number of carbonyl (C=O) groups is 1. The predicted octanol–water partition coefficient (Wildman–Crippen LogP) is 2.85. The summed E-state index contributed by atoms with van der Waals surface area (Å²) in [4.78, 5) is 12.1. The Bertz CT molecular complexity index is 271. The average molecular weight is 190 g/mol. The van der Waals surface area contributed by atoms with E-state index >= 15 is 0 Å². The minimum Gasteiger partial charge on any atom is -0.293 e. The molecule has 0 radical (unpaired) electrons. The number of hydrogen-bond donors (Lipinski definition) is 0. The number of carbonyl (C=O) groups excluding carboxylic acids is 1. The van der Waals surface area contributed by atoms with E-state index < -0.39 is 5.37 Å². The maximum absolute atomic E-state index is 10.7. The van der Waals surface area contributed by atoms with E-state index in [2.05, 4.69) is 0 Å². The van der Waals surface area contributed by atoms with Crippen LogP contribution in [0.15, 0.2) is 11.4 Å². The molecule has 1 rings (SSSR count). The summed E-state index contributed by atoms with van der Waals surface area (Å²) in [5, 5.41) is 2.39. The van der Waals surface area contributed by atoms with E-state index in [1.54, 1.807) is 7.05 Å². The SMILES string of the molecule is Cc1ccsc1N(C)C(=O)Cl. The van der Waals surface area contributed by atoms with Crippen molar-refractivity contribution in [2.45, 2.75) is 6.92 Å². The second kappa shape index (κ2) is 3.24. The predicted molar refractivity (Wildman–Crippen MR) is 48.7 cm³/mol. The molecule has 0 aliphatic heterocycles. The smallest absolute Gasteiger partial charge is 0.293 e. The molecule has 2 nitrogen and oxygen atoms in total. The van der Waals surface area contributed by atoms with Crippen molar-refractivity contribution < 1.29 is 4.79 Å². The quantitative estimate of drug-likeness (QED) is 0.492. The Morgan fingerprint density at radius 3 is 2.73 bits per heavy atom. The van der Waals surface area contributed by atoms with Gasteiger partial charge in [0.2, 0.25) is 0 Å². The molecule has 0 aliphatic rings. The fourth-order valence-corrected chi connectivity index (χ4v) is 1.82. The number of rotatable bonds is 1. The summed E-state index contributed by atoms with van der Waals surface area (Å²) < 4.78 is 0. The van der Waals surface area contributed by atoms with Gasteiger partial charge in [-0.05, 0) is 35.5 Å². The van der Waals surface area contributed by atoms with Crippen LogP contribution in [-0.4, -0.2) is 12.4 Å². The van der Waals surface area contributed by atoms with Crippen molar-refractivity contribution in [2.24, 2.45) is 0 Å². The van der Waals surface area contributed by atoms with Gasteiger partial charge in [-0.2, -0.15) is 0 Å². The number of halogens is 1. The van der Waals surface area contributed by atoms with E-state index in [9.17, 15) is 4.79 Å². The Labute approximate surface area is 74.4 Å². The van der Waals surface area contributed by atoms with Crippen LogP contribution in [-0.2, 0) is 0 Å². The minimum atomic E-state index is -0.449. The second-order valence-electron chi connectivity index (χ2n) is 2.22. The summed E-state index contributed by atoms with van der Waals surface area (Å²) in [5.74, 6) is 0. The first-order valence-electron chi connectivity index (χ1n) is 3.10. The van der Waals surface area contributed by atoms with Crippen LogP contribution in [0, 0.1) is 6.92 Å². The lowest BCUT2D eigenvalue weighted by molar-refractivity contribution is 0.265. The van der Waals surface area contributed by atoms with Crippen LogP contribution >= 0.6 is 22.9 Å². The Morgan fingerprint density at radius 1 is 1.73 bits per heavy atom. The van der Waals surface area contributed by atoms with Crippen molar-refractivity contribution >= 4 is 33.3 Å². The van der Waals surface area contributed by atoms with Gasteiger partial charge >= 0.3 is 5.37 Å². The molecule has 60 valence electrons. The highest BCUT2D eigenvalue weighted by Gasteiger charge is 2.10. The molecular weight excluding hydrogens is 182 g/mol. The average Bonchev–Trinajstić information content (AvgIpc) is 2.33. The molecule has 0 saturated carbocycles. The molecule has 0 unspecified atom stereocenters. The first kappa shape index (κ1) is 8.56. The number of hydrogen-bond acceptors (Lipinski definition) is 2. The summed E-state index contributed by atoms with van der Waals surface area (Å²) in [6, 6.07) is 1.95. The van der Waals surface area contributed by atoms with Crippen molar-refractivity contribution in [1.29, 1.82) is 0 Å². The van der Waals surface area contributed by atoms with Crippen LogP contribution in [0.4, 0.5) is 9.80 Å². The molecule has 0 spiro atoms. The first-order valence-corrected chi connectivity index (χ1v) is 4.36. The Morgan fingerprint density at radius 2 is 2.36 bits per heavy atom. The van der Waals surface area contributed by atoms with E-state index in [1.807, 2.05) is 18.4 Å². The van der Waals surface area contributed by atoms with Gasteiger partial charge in [0.15, 0.2) is 0 Å². The molecule has 0 bridgehead atoms. The maximum atomic E-state index is 10.7. The van der Waals surface area contributed by atoms with Crippen LogP contribution < -0.4 is 4.90 Å². The van der Waals surface area contributed by atoms with Crippen LogP contribution in [0.1, 0.15) is 5.56 Å². The molecule has 1 aromatic rings. The lowest BCUT2D eigenvalue weighted by Crippen LogP contribution is -2.18. The zero-order valence-electron chi connectivity index (χ0n) is 6.30. The fraction of sp³-hybridized carbons (Fsp3) is 0.286. The molecule has 0 fully saturated rings. The third kappa shape index (κ3) is 1.73. The van der Waals surface area contributed by atoms with Gasteiger partial charge in [0.05, 0.1) is 0 Å². The van der Waals surface area contributed by atoms with E-state index in [4.69, 9.17) is 11.6 Å². The molecular formula is C7H8ClNOS. The van der Waals surface area contributed by atoms with E-state index in [1.165, 1.54) is 16.2 Å². The van der Waals surface area contributed by atoms with Gasteiger partial charge in [-0.1, -0.05) is 0 Å². The van der Waals surface area contributed by atoms with Gasteiger partial charge in [-0.3, -0.25) is 9.69 Å². The second-order valence-corrected chi connectivity index (χ2v) is 3.44. The van der Waals surface area contributed by atoms with Gasteiger partial charge in [0.1, 0.15) is 5.00 Å². The molecule has 1 aromatic heterocycles. The summed E-state index contributed by atoms with van der Waals surface area (Å²) >= 11 is 6.79. The highest BCUT2D eigenvalue weighted by Crippen LogP contribution is 2.26. The molecule has 0 saturated heterocycles. The zero-order chi connectivity index (χ0) is 8.43. The lowest BCUT2D eigenvalue weighted by atomic mass is 10.3. The normalized spacial score (nSPS) is 9.73. The standard InChI is InChI=1S/C7H8ClNOS/c1-5-3-4-11-6(5)9(2)7(8)10/h3-4H,1-2H3. The molecule has 0 aromatic carbocycles. The Kier molecular flexibility index (Phi) is 2.52. The third-order valence-corrected chi connectivity index (χ3v) is 2.75. The summed E-state index contributed by atoms with van der Waals surface area (Å²) in [6.45, 7) is 1.95. The molecule has 0 N–H and O–H groups in total. The van der Waals surface area contributed by atoms with Gasteiger partial charge in [0, 0.05) is 7.05 Å². The van der Waals surface area contributed by atoms with Crippen molar-refractivity contribution in [3.63, 3.8) is 0 Å². The van der Waals surface area contributed by atoms with Gasteiger partial charge < -0.3 is 0 Å². The molecule has 4 heteroatoms. The van der Waals surface area contributed by atoms with Crippen LogP contribution in [0.2, 0.25) is 0 Å². The molecule has 0 atom stereocenters. The molecule has 11 heavy (non-hydrogen) atoms. The highest BCUT2D eigenvalue weighted by atomic mass is 35.5. The summed E-state index contributed by atoms with van der Waals surface area (Å²) in [6.07, 6.45) is 0. The van der Waals surface area contributed by atoms with Crippen molar-refractivity contribution in [1.82, 2.24) is 0 Å². The van der Waals surface area contributed by atoms with Gasteiger partial charge in [-0.25, -0.2) is 0 Å². The van der Waals surface area contributed by atoms with Crippen LogP contribution in [0.5, 0.6) is 0 Å². The third-order valence-electron chi connectivity index (χ3n) is 1.40. The number of thiophene rings is 1. The largest absolute Gasteiger partial charge is 0.321 e. The number of aryl methyl sites for hydroxylation is 1. The Hall–Kier alpha value is -0.540. The fourth-order valence-electron chi connectivity index (χ4n) is 0.788. The van der Waals surface area contributed by atoms with Crippen molar-refractivity contribution in [3.8, 4) is 0 Å². The highest BCUT2D eigenvalue weighted by molar-refractivity contribution is 7.14. The maximum Gasteiger partial charge on any atom is 0.321 e. The molecule has 1 amide bonds. The minimum absolute atomic E-state index is 0.449. The van der Waals surface area contributed by atoms with Crippen molar-refractivity contribution in [3.05, 3.63) is 17.0 Å². The van der Waals surface area contributed by atoms with E-state index in [-0.39, 0.29) is 0 Å². The monoisotopic (exact) mass is 189 g/mol. The van der Waals surface area contributed by atoms with Crippen molar-refractivity contribution in [2.75, 3.05) is 11.9 Å². The molecule has 0 aliphatic carbocycles. The number of amides is 1. The summed E-state index contributed by atoms with van der Waals surface area (Å²) in [7, 11) is 1.66. The topological polar surface area (TPSA) is 20.3 Å². The summed E-state index contributed by atoms with van der Waals surface area (Å²) in [5.41, 5.74) is 1.08. The van der Waals surface area contributed by atoms with Crippen LogP contribution in [0.25, 0.3) is 0 Å². The van der Waals surface area contributed by atoms with Crippen LogP contribution in [0.3, 0.4) is 0 Å². The first-order chi connectivity index (χ1) is 5.13.